The Labute approximate surface area is 343 Å². The van der Waals surface area contributed by atoms with Crippen molar-refractivity contribution in [3.63, 3.8) is 0 Å². The lowest BCUT2D eigenvalue weighted by molar-refractivity contribution is -0.161. The number of fused-ring (bicyclic) bond motifs is 2. The minimum absolute atomic E-state index is 0.0413. The van der Waals surface area contributed by atoms with Crippen molar-refractivity contribution >= 4 is 46.7 Å². The Bertz CT molecular complexity index is 2090. The Morgan fingerprint density at radius 2 is 1.54 bits per heavy atom. The number of likely N-dealkylation sites (tertiary alicyclic amines) is 2. The molecule has 318 valence electrons. The number of benzene rings is 2. The summed E-state index contributed by atoms with van der Waals surface area (Å²) in [6, 6.07) is 11.4. The molecule has 17 heteroatoms. The maximum atomic E-state index is 14.3. The molecule has 1 atom stereocenters. The molecule has 0 bridgehead atoms. The number of urea groups is 1. The molecule has 0 spiro atoms. The molecule has 0 saturated carbocycles. The second-order valence-electron chi connectivity index (χ2n) is 16.3. The van der Waals surface area contributed by atoms with E-state index in [-0.39, 0.29) is 37.0 Å². The standard InChI is InChI=1S/C42H56N8O9/c1-28-25-29(26-34-36(28)45(4)41(55)58-34)27-35(59-42(56)49-16-12-32(13-17-49)50-18-9-30-7-5-6-8-33(30)43-40(50)54)37(51)47-14-10-31(11-15-47)46-19-21-48(22-20-46)38(52)39(53)57-24-23-44(2)3/h5-8,25-26,31-32,35H,9-24,27H2,1-4H3,(H,43,54)/t35-/m1/s1. The summed E-state index contributed by atoms with van der Waals surface area (Å²) in [7, 11) is 5.37. The van der Waals surface area contributed by atoms with E-state index in [4.69, 9.17) is 13.9 Å². The van der Waals surface area contributed by atoms with Gasteiger partial charge in [-0.1, -0.05) is 24.3 Å². The lowest BCUT2D eigenvalue weighted by atomic mass is 9.99. The number of carbonyl (C=O) groups is 5. The molecule has 3 aromatic rings. The zero-order valence-corrected chi connectivity index (χ0v) is 34.5. The molecule has 4 aliphatic heterocycles. The highest BCUT2D eigenvalue weighted by molar-refractivity contribution is 6.32. The van der Waals surface area contributed by atoms with Gasteiger partial charge in [0.1, 0.15) is 6.61 Å². The SMILES string of the molecule is Cc1cc(C[C@@H](OC(=O)N2CCC(N3CCc4ccccc4NC3=O)CC2)C(=O)N2CCC(N3CCN(C(=O)C(=O)OCCN(C)C)CC3)CC2)cc2oc(=O)n(C)c12. The van der Waals surface area contributed by atoms with Crippen LogP contribution in [0, 0.1) is 6.92 Å². The van der Waals surface area contributed by atoms with Gasteiger partial charge in [-0.2, -0.15) is 0 Å². The Morgan fingerprint density at radius 3 is 2.25 bits per heavy atom. The van der Waals surface area contributed by atoms with Gasteiger partial charge < -0.3 is 43.7 Å². The largest absolute Gasteiger partial charge is 0.457 e. The topological polar surface area (TPSA) is 170 Å². The number of esters is 1. The molecule has 4 aliphatic rings. The van der Waals surface area contributed by atoms with E-state index >= 15 is 0 Å². The molecule has 0 aliphatic carbocycles. The van der Waals surface area contributed by atoms with Crippen LogP contribution in [0.2, 0.25) is 0 Å². The van der Waals surface area contributed by atoms with Gasteiger partial charge in [0.15, 0.2) is 11.7 Å². The molecular formula is C42H56N8O9. The van der Waals surface area contributed by atoms with Gasteiger partial charge in [0.05, 0.1) is 5.52 Å². The molecule has 59 heavy (non-hydrogen) atoms. The number of anilines is 1. The predicted molar refractivity (Wildman–Crippen MR) is 218 cm³/mol. The van der Waals surface area contributed by atoms with E-state index < -0.39 is 29.8 Å². The highest BCUT2D eigenvalue weighted by atomic mass is 16.6. The summed E-state index contributed by atoms with van der Waals surface area (Å²) in [5.74, 6) is -2.22. The number of nitrogens with one attached hydrogen (secondary N) is 1. The quantitative estimate of drug-likeness (QED) is 0.249. The summed E-state index contributed by atoms with van der Waals surface area (Å²) in [4.78, 5) is 89.6. The molecule has 1 N–H and O–H groups in total. The van der Waals surface area contributed by atoms with Gasteiger partial charge in [-0.3, -0.25) is 19.1 Å². The number of para-hydroxylation sites is 1. The number of aromatic nitrogens is 1. The van der Waals surface area contributed by atoms with Gasteiger partial charge in [0.2, 0.25) is 0 Å². The highest BCUT2D eigenvalue weighted by Gasteiger charge is 2.37. The van der Waals surface area contributed by atoms with Gasteiger partial charge in [0, 0.05) is 96.7 Å². The summed E-state index contributed by atoms with van der Waals surface area (Å²) >= 11 is 0. The molecule has 2 aromatic carbocycles. The van der Waals surface area contributed by atoms with Gasteiger partial charge in [0.25, 0.3) is 5.91 Å². The van der Waals surface area contributed by atoms with Crippen molar-refractivity contribution < 1.29 is 37.9 Å². The lowest BCUT2D eigenvalue weighted by Crippen LogP contribution is -2.56. The van der Waals surface area contributed by atoms with Crippen LogP contribution in [0.4, 0.5) is 15.3 Å². The second-order valence-corrected chi connectivity index (χ2v) is 16.3. The number of ether oxygens (including phenoxy) is 2. The zero-order chi connectivity index (χ0) is 41.8. The Morgan fingerprint density at radius 1 is 0.864 bits per heavy atom. The molecule has 5 heterocycles. The van der Waals surface area contributed by atoms with Crippen molar-refractivity contribution in [2.75, 3.05) is 91.5 Å². The van der Waals surface area contributed by atoms with Crippen LogP contribution in [-0.2, 0) is 43.7 Å². The van der Waals surface area contributed by atoms with Crippen LogP contribution in [0.1, 0.15) is 42.4 Å². The minimum Gasteiger partial charge on any atom is -0.457 e. The number of hydrogen-bond acceptors (Lipinski definition) is 11. The third-order valence-corrected chi connectivity index (χ3v) is 12.2. The highest BCUT2D eigenvalue weighted by Crippen LogP contribution is 2.27. The second kappa shape index (κ2) is 18.2. The number of rotatable bonds is 9. The van der Waals surface area contributed by atoms with Crippen LogP contribution >= 0.6 is 0 Å². The van der Waals surface area contributed by atoms with Gasteiger partial charge in [-0.05, 0) is 81.9 Å². The van der Waals surface area contributed by atoms with E-state index in [0.29, 0.717) is 108 Å². The summed E-state index contributed by atoms with van der Waals surface area (Å²) in [6.45, 7) is 6.89. The van der Waals surface area contributed by atoms with Crippen molar-refractivity contribution in [3.05, 3.63) is 63.6 Å². The van der Waals surface area contributed by atoms with Crippen LogP contribution in [0.3, 0.4) is 0 Å². The van der Waals surface area contributed by atoms with E-state index in [0.717, 1.165) is 23.2 Å². The third kappa shape index (κ3) is 9.57. The first-order chi connectivity index (χ1) is 28.4. The lowest BCUT2D eigenvalue weighted by Gasteiger charge is -2.43. The number of piperazine rings is 1. The van der Waals surface area contributed by atoms with E-state index in [2.05, 4.69) is 10.2 Å². The fourth-order valence-electron chi connectivity index (χ4n) is 8.84. The normalized spacial score (nSPS) is 19.0. The zero-order valence-electron chi connectivity index (χ0n) is 34.5. The monoisotopic (exact) mass is 816 g/mol. The third-order valence-electron chi connectivity index (χ3n) is 12.2. The molecule has 7 rings (SSSR count). The van der Waals surface area contributed by atoms with Gasteiger partial charge in [-0.15, -0.1) is 0 Å². The van der Waals surface area contributed by atoms with Crippen molar-refractivity contribution in [2.24, 2.45) is 7.05 Å². The summed E-state index contributed by atoms with van der Waals surface area (Å²) in [5, 5.41) is 3.04. The van der Waals surface area contributed by atoms with E-state index in [1.165, 1.54) is 4.57 Å². The first-order valence-electron chi connectivity index (χ1n) is 20.7. The number of nitrogens with zero attached hydrogens (tertiary/aromatic N) is 7. The fraction of sp³-hybridized carbons (Fsp3) is 0.571. The van der Waals surface area contributed by atoms with Crippen LogP contribution in [0.25, 0.3) is 11.1 Å². The number of aryl methyl sites for hydroxylation is 2. The number of amides is 5. The van der Waals surface area contributed by atoms with Gasteiger partial charge >= 0.3 is 29.8 Å². The summed E-state index contributed by atoms with van der Waals surface area (Å²) in [5.41, 5.74) is 4.48. The minimum atomic E-state index is -1.12. The van der Waals surface area contributed by atoms with Crippen LogP contribution in [0.5, 0.6) is 0 Å². The van der Waals surface area contributed by atoms with Crippen LogP contribution in [-0.4, -0.2) is 168 Å². The van der Waals surface area contributed by atoms with Crippen molar-refractivity contribution in [1.82, 2.24) is 34.0 Å². The Hall–Kier alpha value is -5.42. The molecular weight excluding hydrogens is 761 g/mol. The molecule has 0 radical (unpaired) electrons. The smallest absolute Gasteiger partial charge is 0.419 e. The molecule has 5 amide bonds. The van der Waals surface area contributed by atoms with Crippen molar-refractivity contribution in [1.29, 1.82) is 0 Å². The fourth-order valence-corrected chi connectivity index (χ4v) is 8.84. The predicted octanol–water partition coefficient (Wildman–Crippen LogP) is 2.28. The van der Waals surface area contributed by atoms with Crippen molar-refractivity contribution in [3.8, 4) is 0 Å². The van der Waals surface area contributed by atoms with E-state index in [1.54, 1.807) is 27.8 Å². The average Bonchev–Trinajstić information content (AvgIpc) is 3.41. The number of carbonyl (C=O) groups excluding carboxylic acids is 5. The maximum Gasteiger partial charge on any atom is 0.419 e. The van der Waals surface area contributed by atoms with Gasteiger partial charge in [-0.25, -0.2) is 19.2 Å². The van der Waals surface area contributed by atoms with E-state index in [1.807, 2.05) is 61.2 Å². The number of likely N-dealkylation sites (N-methyl/N-ethyl adjacent to an activating group) is 1. The van der Waals surface area contributed by atoms with E-state index in [9.17, 15) is 28.8 Å². The van der Waals surface area contributed by atoms with Crippen LogP contribution in [0.15, 0.2) is 45.6 Å². The summed E-state index contributed by atoms with van der Waals surface area (Å²) < 4.78 is 18.2. The maximum absolute atomic E-state index is 14.3. The molecule has 17 nitrogen and oxygen atoms in total. The number of hydrogen-bond donors (Lipinski definition) is 1. The number of oxazole rings is 1. The molecule has 0 unspecified atom stereocenters. The molecule has 1 aromatic heterocycles. The molecule has 3 saturated heterocycles. The first kappa shape index (κ1) is 41.7. The first-order valence-corrected chi connectivity index (χ1v) is 20.7. The Kier molecular flexibility index (Phi) is 12.9. The van der Waals surface area contributed by atoms with Crippen molar-refractivity contribution in [2.45, 2.75) is 63.6 Å². The average molecular weight is 817 g/mol. The summed E-state index contributed by atoms with van der Waals surface area (Å²) in [6.07, 6.45) is 1.70. The Balaban J connectivity index is 0.964. The number of piperidine rings is 2. The van der Waals surface area contributed by atoms with Crippen LogP contribution < -0.4 is 11.1 Å². The molecule has 3 fully saturated rings.